The minimum Gasteiger partial charge on any atom is -0.465 e. The first-order valence-corrected chi connectivity index (χ1v) is 5.78. The van der Waals surface area contributed by atoms with Gasteiger partial charge in [0.25, 0.3) is 0 Å². The van der Waals surface area contributed by atoms with Crippen LogP contribution >= 0.6 is 0 Å². The summed E-state index contributed by atoms with van der Waals surface area (Å²) < 4.78 is 21.4. The van der Waals surface area contributed by atoms with Crippen molar-refractivity contribution in [2.24, 2.45) is 5.73 Å². The van der Waals surface area contributed by atoms with Gasteiger partial charge in [0, 0.05) is 18.8 Å². The molecule has 0 aliphatic rings. The normalized spacial score (nSPS) is 13.7. The maximum absolute atomic E-state index is 10.7. The van der Waals surface area contributed by atoms with E-state index in [1.807, 2.05) is 0 Å². The van der Waals surface area contributed by atoms with E-state index in [0.29, 0.717) is 0 Å². The number of amides is 1. The Morgan fingerprint density at radius 3 is 2.46 bits per heavy atom. The van der Waals surface area contributed by atoms with Crippen molar-refractivity contribution in [3.05, 3.63) is 0 Å². The molecule has 1 amide bonds. The van der Waals surface area contributed by atoms with Gasteiger partial charge in [-0.3, -0.25) is 0 Å². The lowest BCUT2D eigenvalue weighted by Gasteiger charge is -2.13. The van der Waals surface area contributed by atoms with Gasteiger partial charge in [-0.2, -0.15) is 0 Å². The van der Waals surface area contributed by atoms with Crippen molar-refractivity contribution in [3.63, 3.8) is 0 Å². The fourth-order valence-corrected chi connectivity index (χ4v) is 1.49. The molecule has 6 nitrogen and oxygen atoms in total. The third kappa shape index (κ3) is 7.54. The second-order valence-electron chi connectivity index (χ2n) is 2.80. The van der Waals surface area contributed by atoms with Crippen LogP contribution in [0.4, 0.5) is 4.79 Å². The van der Waals surface area contributed by atoms with Gasteiger partial charge >= 0.3 is 6.09 Å². The molecule has 78 valence electrons. The first-order chi connectivity index (χ1) is 5.85. The number of rotatable bonds is 5. The van der Waals surface area contributed by atoms with E-state index in [9.17, 15) is 13.2 Å². The molecule has 1 atom stereocenters. The zero-order chi connectivity index (χ0) is 10.5. The average Bonchev–Trinajstić information content (AvgIpc) is 1.95. The average molecular weight is 210 g/mol. The van der Waals surface area contributed by atoms with Crippen LogP contribution in [0.15, 0.2) is 0 Å². The quantitative estimate of drug-likeness (QED) is 0.540. The summed E-state index contributed by atoms with van der Waals surface area (Å²) in [5.74, 6) is -0.0604. The Kier molecular flexibility index (Phi) is 4.71. The van der Waals surface area contributed by atoms with Crippen molar-refractivity contribution < 1.29 is 18.3 Å². The van der Waals surface area contributed by atoms with Gasteiger partial charge in [-0.05, 0) is 6.42 Å². The predicted octanol–water partition coefficient (Wildman–Crippen LogP) is -0.984. The highest BCUT2D eigenvalue weighted by atomic mass is 32.2. The Hall–Kier alpha value is -0.820. The SMILES string of the molecule is CS(=O)(=O)CCC(CN)NC(=O)O. The third-order valence-electron chi connectivity index (χ3n) is 1.45. The molecule has 0 radical (unpaired) electrons. The second kappa shape index (κ2) is 5.03. The molecule has 0 heterocycles. The Labute approximate surface area is 77.0 Å². The van der Waals surface area contributed by atoms with Crippen LogP contribution in [0.5, 0.6) is 0 Å². The molecule has 13 heavy (non-hydrogen) atoms. The van der Waals surface area contributed by atoms with Crippen LogP contribution in [-0.2, 0) is 9.84 Å². The highest BCUT2D eigenvalue weighted by Crippen LogP contribution is 1.94. The van der Waals surface area contributed by atoms with Crippen LogP contribution in [0.3, 0.4) is 0 Å². The van der Waals surface area contributed by atoms with E-state index < -0.39 is 22.0 Å². The standard InChI is InChI=1S/C6H14N2O4S/c1-13(11,12)3-2-5(4-7)8-6(9)10/h5,8H,2-4,7H2,1H3,(H,9,10). The molecule has 4 N–H and O–H groups in total. The number of hydrogen-bond donors (Lipinski definition) is 3. The highest BCUT2D eigenvalue weighted by molar-refractivity contribution is 7.90. The van der Waals surface area contributed by atoms with Gasteiger partial charge in [0.2, 0.25) is 0 Å². The van der Waals surface area contributed by atoms with Crippen molar-refractivity contribution >= 4 is 15.9 Å². The number of nitrogens with one attached hydrogen (secondary N) is 1. The van der Waals surface area contributed by atoms with E-state index in [-0.39, 0.29) is 18.7 Å². The first-order valence-electron chi connectivity index (χ1n) is 3.72. The summed E-state index contributed by atoms with van der Waals surface area (Å²) in [7, 11) is -3.05. The molecule has 0 fully saturated rings. The van der Waals surface area contributed by atoms with Crippen LogP contribution in [-0.4, -0.2) is 44.2 Å². The van der Waals surface area contributed by atoms with Gasteiger partial charge < -0.3 is 16.2 Å². The predicted molar refractivity (Wildman–Crippen MR) is 48.3 cm³/mol. The van der Waals surface area contributed by atoms with Crippen molar-refractivity contribution in [1.29, 1.82) is 0 Å². The molecule has 0 aliphatic heterocycles. The molecule has 0 aromatic carbocycles. The highest BCUT2D eigenvalue weighted by Gasteiger charge is 2.12. The third-order valence-corrected chi connectivity index (χ3v) is 2.43. The molecule has 0 spiro atoms. The zero-order valence-corrected chi connectivity index (χ0v) is 8.17. The molecule has 7 heteroatoms. The monoisotopic (exact) mass is 210 g/mol. The molecule has 0 aliphatic carbocycles. The van der Waals surface area contributed by atoms with Gasteiger partial charge in [-0.1, -0.05) is 0 Å². The lowest BCUT2D eigenvalue weighted by atomic mass is 10.2. The van der Waals surface area contributed by atoms with Crippen LogP contribution in [0.1, 0.15) is 6.42 Å². The number of nitrogens with two attached hydrogens (primary N) is 1. The number of sulfone groups is 1. The van der Waals surface area contributed by atoms with E-state index in [4.69, 9.17) is 10.8 Å². The molecule has 0 aromatic rings. The van der Waals surface area contributed by atoms with Gasteiger partial charge in [0.1, 0.15) is 9.84 Å². The summed E-state index contributed by atoms with van der Waals surface area (Å²) in [5.41, 5.74) is 5.23. The Balaban J connectivity index is 3.93. The minimum atomic E-state index is -3.05. The van der Waals surface area contributed by atoms with E-state index >= 15 is 0 Å². The van der Waals surface area contributed by atoms with Gasteiger partial charge in [-0.15, -0.1) is 0 Å². The Bertz CT molecular complexity index is 262. The topological polar surface area (TPSA) is 109 Å². The maximum atomic E-state index is 10.7. The summed E-state index contributed by atoms with van der Waals surface area (Å²) in [6, 6.07) is -0.493. The maximum Gasteiger partial charge on any atom is 0.404 e. The van der Waals surface area contributed by atoms with E-state index in [1.54, 1.807) is 0 Å². The summed E-state index contributed by atoms with van der Waals surface area (Å²) >= 11 is 0. The van der Waals surface area contributed by atoms with Crippen LogP contribution < -0.4 is 11.1 Å². The number of carbonyl (C=O) groups is 1. The van der Waals surface area contributed by atoms with Crippen LogP contribution in [0.25, 0.3) is 0 Å². The molecular formula is C6H14N2O4S. The fraction of sp³-hybridized carbons (Fsp3) is 0.833. The summed E-state index contributed by atoms with van der Waals surface area (Å²) in [5, 5.41) is 10.5. The number of carboxylic acid groups (broad SMARTS) is 1. The molecule has 0 bridgehead atoms. The lowest BCUT2D eigenvalue weighted by Crippen LogP contribution is -2.40. The fourth-order valence-electron chi connectivity index (χ4n) is 0.780. The van der Waals surface area contributed by atoms with E-state index in [0.717, 1.165) is 6.26 Å². The zero-order valence-electron chi connectivity index (χ0n) is 7.36. The minimum absolute atomic E-state index is 0.0604. The van der Waals surface area contributed by atoms with E-state index in [2.05, 4.69) is 5.32 Å². The molecule has 0 aromatic heterocycles. The lowest BCUT2D eigenvalue weighted by molar-refractivity contribution is 0.190. The molecule has 1 unspecified atom stereocenters. The van der Waals surface area contributed by atoms with Crippen molar-refractivity contribution in [2.45, 2.75) is 12.5 Å². The Morgan fingerprint density at radius 1 is 1.62 bits per heavy atom. The summed E-state index contributed by atoms with van der Waals surface area (Å²) in [4.78, 5) is 10.2. The molecule has 0 saturated heterocycles. The summed E-state index contributed by atoms with van der Waals surface area (Å²) in [6.07, 6.45) is 0.118. The molecular weight excluding hydrogens is 196 g/mol. The second-order valence-corrected chi connectivity index (χ2v) is 5.06. The molecule has 0 saturated carbocycles. The van der Waals surface area contributed by atoms with Gasteiger partial charge in [0.05, 0.1) is 5.75 Å². The summed E-state index contributed by atoms with van der Waals surface area (Å²) in [6.45, 7) is 0.0990. The van der Waals surface area contributed by atoms with Crippen molar-refractivity contribution in [3.8, 4) is 0 Å². The van der Waals surface area contributed by atoms with Gasteiger partial charge in [0.15, 0.2) is 0 Å². The van der Waals surface area contributed by atoms with Gasteiger partial charge in [-0.25, -0.2) is 13.2 Å². The van der Waals surface area contributed by atoms with Crippen LogP contribution in [0.2, 0.25) is 0 Å². The van der Waals surface area contributed by atoms with Crippen molar-refractivity contribution in [2.75, 3.05) is 18.6 Å². The molecule has 0 rings (SSSR count). The number of hydrogen-bond acceptors (Lipinski definition) is 4. The van der Waals surface area contributed by atoms with Crippen molar-refractivity contribution in [1.82, 2.24) is 5.32 Å². The first kappa shape index (κ1) is 12.2. The Morgan fingerprint density at radius 2 is 2.15 bits per heavy atom. The van der Waals surface area contributed by atoms with Crippen LogP contribution in [0, 0.1) is 0 Å². The smallest absolute Gasteiger partial charge is 0.404 e. The van der Waals surface area contributed by atoms with E-state index in [1.165, 1.54) is 0 Å². The largest absolute Gasteiger partial charge is 0.465 e.